The molecule has 1 atom stereocenters. The van der Waals surface area contributed by atoms with Crippen molar-refractivity contribution in [1.29, 1.82) is 0 Å². The predicted molar refractivity (Wildman–Crippen MR) is 222 cm³/mol. The van der Waals surface area contributed by atoms with Crippen LogP contribution >= 0.6 is 32.1 Å². The van der Waals surface area contributed by atoms with Gasteiger partial charge in [-0.15, -0.1) is 32.1 Å². The Hall–Kier alpha value is -5.11. The summed E-state index contributed by atoms with van der Waals surface area (Å²) in [6, 6.07) is 55.7. The van der Waals surface area contributed by atoms with Crippen molar-refractivity contribution in [1.82, 2.24) is 15.0 Å². The maximum Gasteiger partial charge on any atom is 0.164 e. The van der Waals surface area contributed by atoms with Crippen molar-refractivity contribution in [2.24, 2.45) is 0 Å². The Bertz CT molecular complexity index is 2500. The summed E-state index contributed by atoms with van der Waals surface area (Å²) in [6.07, 6.45) is 2.40. The van der Waals surface area contributed by atoms with E-state index in [0.29, 0.717) is 21.4 Å². The fourth-order valence-electron chi connectivity index (χ4n) is 6.13. The van der Waals surface area contributed by atoms with E-state index in [4.69, 9.17) is 15.0 Å². The van der Waals surface area contributed by atoms with Crippen molar-refractivity contribution in [3.8, 4) is 34.2 Å². The number of benzene rings is 6. The van der Waals surface area contributed by atoms with Gasteiger partial charge in [0.15, 0.2) is 17.5 Å². The molecule has 0 saturated carbocycles. The number of nitrogens with zero attached hydrogens (tertiary/aromatic N) is 3. The second-order valence-electron chi connectivity index (χ2n) is 12.2. The summed E-state index contributed by atoms with van der Waals surface area (Å²) in [6.45, 7) is 4.57. The molecule has 0 spiro atoms. The Labute approximate surface area is 306 Å². The number of hydrogen-bond donors (Lipinski definition) is 0. The van der Waals surface area contributed by atoms with E-state index in [1.165, 1.54) is 45.9 Å². The molecule has 3 nitrogen and oxygen atoms in total. The SMILES string of the molecule is C/C(=C\C(=IC(C)c1cccc(-c2nc(-c3ccccc3)nc(-c3ccc4c(c3)sc3ccccc34)n2)c1)c1ccccc1)c1ccccc1. The molecule has 8 aromatic rings. The standard InChI is InChI=1S/C45H34IN3S/c1-30(32-15-6-3-7-16-32)27-40(33-17-8-4-9-18-33)46-31(2)35-21-14-22-36(28-35)44-47-43(34-19-10-5-11-20-34)48-45(49-44)37-25-26-39-38-23-12-13-24-41(38)50-42(39)29-37/h3-29,31H,1-2H3/b30-27+. The Morgan fingerprint density at radius 2 is 1.10 bits per heavy atom. The molecule has 2 heterocycles. The van der Waals surface area contributed by atoms with Crippen LogP contribution in [-0.2, 0) is 0 Å². The highest BCUT2D eigenvalue weighted by atomic mass is 127. The van der Waals surface area contributed by atoms with Gasteiger partial charge in [0.05, 0.1) is 0 Å². The number of halogens is 1. The van der Waals surface area contributed by atoms with E-state index in [1.54, 1.807) is 0 Å². The molecule has 0 bridgehead atoms. The second-order valence-corrected chi connectivity index (χ2v) is 17.0. The lowest BCUT2D eigenvalue weighted by atomic mass is 10.0. The van der Waals surface area contributed by atoms with E-state index >= 15 is 0 Å². The number of hydrogen-bond acceptors (Lipinski definition) is 4. The molecule has 0 aliphatic heterocycles. The van der Waals surface area contributed by atoms with Crippen LogP contribution in [0.2, 0.25) is 0 Å². The van der Waals surface area contributed by atoms with Crippen LogP contribution in [0.1, 0.15) is 34.5 Å². The highest BCUT2D eigenvalue weighted by molar-refractivity contribution is 14.2. The first-order valence-electron chi connectivity index (χ1n) is 16.7. The average Bonchev–Trinajstić information content (AvgIpc) is 3.56. The number of alkyl halides is 1. The topological polar surface area (TPSA) is 38.7 Å². The molecule has 1 unspecified atom stereocenters. The number of allylic oxidation sites excluding steroid dienone is 2. The summed E-state index contributed by atoms with van der Waals surface area (Å²) >= 11 is 1.41. The van der Waals surface area contributed by atoms with E-state index in [-0.39, 0.29) is 0 Å². The van der Waals surface area contributed by atoms with Crippen molar-refractivity contribution >= 4 is 61.3 Å². The summed E-state index contributed by atoms with van der Waals surface area (Å²) in [5.74, 6) is 2.04. The molecule has 0 N–H and O–H groups in total. The monoisotopic (exact) mass is 775 g/mol. The zero-order valence-electron chi connectivity index (χ0n) is 27.8. The maximum atomic E-state index is 5.12. The number of aromatic nitrogens is 3. The molecule has 8 rings (SSSR count). The normalized spacial score (nSPS) is 12.9. The van der Waals surface area contributed by atoms with Gasteiger partial charge in [-0.25, -0.2) is 15.0 Å². The Morgan fingerprint density at radius 3 is 1.82 bits per heavy atom. The molecule has 6 aromatic carbocycles. The summed E-state index contributed by atoms with van der Waals surface area (Å²) in [4.78, 5) is 15.2. The minimum atomic E-state index is -0.394. The van der Waals surface area contributed by atoms with Gasteiger partial charge < -0.3 is 0 Å². The third-order valence-corrected chi connectivity index (χ3v) is 13.2. The molecule has 50 heavy (non-hydrogen) atoms. The molecular weight excluding hydrogens is 741 g/mol. The lowest BCUT2D eigenvalue weighted by molar-refractivity contribution is 1.07. The third kappa shape index (κ3) is 6.84. The lowest BCUT2D eigenvalue weighted by Gasteiger charge is -2.13. The summed E-state index contributed by atoms with van der Waals surface area (Å²) in [5.41, 5.74) is 8.09. The van der Waals surface area contributed by atoms with Crippen molar-refractivity contribution in [2.45, 2.75) is 17.8 Å². The highest BCUT2D eigenvalue weighted by Crippen LogP contribution is 2.37. The molecule has 0 radical (unpaired) electrons. The van der Waals surface area contributed by atoms with Gasteiger partial charge in [-0.1, -0.05) is 140 Å². The van der Waals surface area contributed by atoms with E-state index < -0.39 is 20.7 Å². The quantitative estimate of drug-likeness (QED) is 0.114. The minimum Gasteiger partial charge on any atom is -0.208 e. The van der Waals surface area contributed by atoms with Crippen LogP contribution in [0.3, 0.4) is 0 Å². The summed E-state index contributed by atoms with van der Waals surface area (Å²) in [7, 11) is 0. The lowest BCUT2D eigenvalue weighted by Crippen LogP contribution is -2.01. The first-order chi connectivity index (χ1) is 24.6. The van der Waals surface area contributed by atoms with Crippen LogP contribution < -0.4 is 0 Å². The third-order valence-electron chi connectivity index (χ3n) is 8.81. The molecule has 0 saturated heterocycles. The largest absolute Gasteiger partial charge is 0.208 e. The molecule has 0 amide bonds. The molecule has 5 heteroatoms. The van der Waals surface area contributed by atoms with Gasteiger partial charge in [-0.05, 0) is 60.4 Å². The van der Waals surface area contributed by atoms with E-state index in [0.717, 1.165) is 16.7 Å². The van der Waals surface area contributed by atoms with Crippen molar-refractivity contribution in [3.63, 3.8) is 0 Å². The molecule has 0 aliphatic carbocycles. The molecular formula is C45H34IN3S. The van der Waals surface area contributed by atoms with Gasteiger partial charge >= 0.3 is 0 Å². The fraction of sp³-hybridized carbons (Fsp3) is 0.0667. The van der Waals surface area contributed by atoms with Crippen LogP contribution in [0, 0.1) is 0 Å². The second kappa shape index (κ2) is 14.4. The van der Waals surface area contributed by atoms with E-state index in [9.17, 15) is 0 Å². The van der Waals surface area contributed by atoms with Gasteiger partial charge in [0, 0.05) is 44.3 Å². The van der Waals surface area contributed by atoms with Crippen LogP contribution in [0.25, 0.3) is 59.9 Å². The number of fused-ring (bicyclic) bond motifs is 3. The van der Waals surface area contributed by atoms with Crippen LogP contribution in [0.15, 0.2) is 164 Å². The molecule has 0 fully saturated rings. The van der Waals surface area contributed by atoms with Gasteiger partial charge in [-0.2, -0.15) is 0 Å². The number of thiophene rings is 1. The Kier molecular flexibility index (Phi) is 9.25. The minimum absolute atomic E-state index is 0.369. The first-order valence-corrected chi connectivity index (χ1v) is 19.9. The Morgan fingerprint density at radius 1 is 0.540 bits per heavy atom. The smallest absolute Gasteiger partial charge is 0.164 e. The van der Waals surface area contributed by atoms with Crippen LogP contribution in [-0.4, -0.2) is 18.5 Å². The maximum absolute atomic E-state index is 5.12. The van der Waals surface area contributed by atoms with Crippen LogP contribution in [0.4, 0.5) is 0 Å². The van der Waals surface area contributed by atoms with Gasteiger partial charge in [0.2, 0.25) is 0 Å². The van der Waals surface area contributed by atoms with E-state index in [2.05, 4.69) is 159 Å². The highest BCUT2D eigenvalue weighted by Gasteiger charge is 2.15. The predicted octanol–water partition coefficient (Wildman–Crippen LogP) is 12.6. The number of rotatable bonds is 8. The van der Waals surface area contributed by atoms with Crippen molar-refractivity contribution in [2.75, 3.05) is 0 Å². The summed E-state index contributed by atoms with van der Waals surface area (Å²) < 4.78 is 4.31. The zero-order chi connectivity index (χ0) is 33.9. The fourth-order valence-corrected chi connectivity index (χ4v) is 10.4. The van der Waals surface area contributed by atoms with Gasteiger partial charge in [-0.3, -0.25) is 0 Å². The van der Waals surface area contributed by atoms with Gasteiger partial charge in [0.25, 0.3) is 0 Å². The van der Waals surface area contributed by atoms with Crippen molar-refractivity contribution < 1.29 is 0 Å². The molecule has 0 aliphatic rings. The molecule has 242 valence electrons. The first kappa shape index (κ1) is 32.1. The molecule has 2 aromatic heterocycles. The van der Waals surface area contributed by atoms with Crippen molar-refractivity contribution in [3.05, 3.63) is 180 Å². The Balaban J connectivity index is 1.20. The average molecular weight is 776 g/mol. The van der Waals surface area contributed by atoms with Gasteiger partial charge in [0.1, 0.15) is 0 Å². The summed E-state index contributed by atoms with van der Waals surface area (Å²) in [5, 5.41) is 2.55. The van der Waals surface area contributed by atoms with Crippen LogP contribution in [0.5, 0.6) is 0 Å². The van der Waals surface area contributed by atoms with E-state index in [1.807, 2.05) is 29.5 Å². The zero-order valence-corrected chi connectivity index (χ0v) is 30.8.